The van der Waals surface area contributed by atoms with Crippen molar-refractivity contribution in [2.45, 2.75) is 344 Å². The fourth-order valence-electron chi connectivity index (χ4n) is 7.89. The van der Waals surface area contributed by atoms with E-state index in [9.17, 15) is 0 Å². The van der Waals surface area contributed by atoms with Gasteiger partial charge in [0.1, 0.15) is 0 Å². The molecule has 10 aromatic carbocycles. The van der Waals surface area contributed by atoms with E-state index in [1.807, 2.05) is 208 Å². The van der Waals surface area contributed by atoms with Crippen molar-refractivity contribution < 1.29 is 0 Å². The minimum absolute atomic E-state index is 0. The maximum Gasteiger partial charge on any atom is -0.0238 e. The molecular weight excluding hydrogens is 1330 g/mol. The Bertz CT molecular complexity index is 2140. The molecule has 0 aliphatic carbocycles. The van der Waals surface area contributed by atoms with Gasteiger partial charge in [-0.05, 0) is 126 Å². The van der Waals surface area contributed by atoms with Crippen molar-refractivity contribution in [3.05, 3.63) is 359 Å². The molecule has 0 heterocycles. The Balaban J connectivity index is -0.0000000594. The summed E-state index contributed by atoms with van der Waals surface area (Å²) in [5.74, 6) is 0.884. The number of rotatable bonds is 16. The van der Waals surface area contributed by atoms with Gasteiger partial charge in [0, 0.05) is 0 Å². The zero-order valence-corrected chi connectivity index (χ0v) is 75.2. The predicted octanol–water partition coefficient (Wildman–Crippen LogP) is 38.6. The first-order valence-corrected chi connectivity index (χ1v) is 42.4. The largest absolute Gasteiger partial charge is 0.0776 e. The van der Waals surface area contributed by atoms with E-state index in [1.54, 1.807) is 0 Å². The highest BCUT2D eigenvalue weighted by Crippen LogP contribution is 2.11. The Morgan fingerprint density at radius 2 is 0.189 bits per heavy atom. The molecule has 0 spiro atoms. The molecule has 0 radical (unpaired) electrons. The Morgan fingerprint density at radius 1 is 0.135 bits per heavy atom. The summed E-state index contributed by atoms with van der Waals surface area (Å²) in [4.78, 5) is 0. The van der Waals surface area contributed by atoms with Crippen molar-refractivity contribution in [2.75, 3.05) is 0 Å². The standard InChI is InChI=1S/5C14H14.C5H12.15C2H6.6CH4/c5*1-3-7-13(8-4-1)11-12-14-9-5-2-6-10-14;1-4-5(2)3;15*1-2;;;;;;/h5*1-10H,11-12H2;5H,4H2,1-3H3;15*1-2H3;6*1H4. The second-order valence-corrected chi connectivity index (χ2v) is 19.2. The van der Waals surface area contributed by atoms with Crippen LogP contribution in [-0.2, 0) is 64.2 Å². The number of hydrogen-bond acceptors (Lipinski definition) is 0. The Hall–Kier alpha value is -7.80. The first kappa shape index (κ1) is 145. The minimum atomic E-state index is 0. The summed E-state index contributed by atoms with van der Waals surface area (Å²) in [5.41, 5.74) is 14.1. The van der Waals surface area contributed by atoms with Gasteiger partial charge in [0.2, 0.25) is 0 Å². The number of benzene rings is 10. The maximum atomic E-state index is 2.22. The quantitative estimate of drug-likeness (QED) is 0.0904. The van der Waals surface area contributed by atoms with Gasteiger partial charge in [0.15, 0.2) is 0 Å². The highest BCUT2D eigenvalue weighted by Gasteiger charge is 1.98. The highest BCUT2D eigenvalue weighted by molar-refractivity contribution is 5.25. The molecule has 0 atom stereocenters. The van der Waals surface area contributed by atoms with E-state index >= 15 is 0 Å². The number of aryl methyl sites for hydroxylation is 10. The SMILES string of the molecule is C.C.C.C.C.C.CC.CC.CC.CC.CC.CC.CC.CC.CC.CC.CC.CC.CC.CC.CC.CCC(C)C.c1ccc(CCc2ccccc2)cc1.c1ccc(CCc2ccccc2)cc1.c1ccc(CCc2ccccc2)cc1.c1ccc(CCc2ccccc2)cc1.c1ccc(CCc2ccccc2)cc1. The average molecular weight is 1530 g/mol. The van der Waals surface area contributed by atoms with Gasteiger partial charge in [0.05, 0.1) is 0 Å². The van der Waals surface area contributed by atoms with Crippen molar-refractivity contribution in [2.24, 2.45) is 5.92 Å². The fourth-order valence-corrected chi connectivity index (χ4v) is 7.89. The van der Waals surface area contributed by atoms with Crippen LogP contribution in [0.4, 0.5) is 0 Å². The van der Waals surface area contributed by atoms with Crippen molar-refractivity contribution in [1.29, 1.82) is 0 Å². The summed E-state index contributed by atoms with van der Waals surface area (Å²) in [5, 5.41) is 0. The second kappa shape index (κ2) is 141. The lowest BCUT2D eigenvalue weighted by Crippen LogP contribution is -1.89. The summed E-state index contributed by atoms with van der Waals surface area (Å²) in [7, 11) is 0. The predicted molar refractivity (Wildman–Crippen MR) is 537 cm³/mol. The first-order chi connectivity index (χ1) is 52.0. The van der Waals surface area contributed by atoms with Gasteiger partial charge in [-0.25, -0.2) is 0 Å². The molecule has 10 rings (SSSR count). The van der Waals surface area contributed by atoms with E-state index in [-0.39, 0.29) is 44.6 Å². The summed E-state index contributed by atoms with van der Waals surface area (Å²) >= 11 is 0. The third-order valence-corrected chi connectivity index (χ3v) is 12.8. The highest BCUT2D eigenvalue weighted by atomic mass is 14.0. The van der Waals surface area contributed by atoms with Gasteiger partial charge in [-0.1, -0.05) is 583 Å². The molecular formula is C111H196. The Kier molecular flexibility index (Phi) is 184. The molecule has 0 unspecified atom stereocenters. The molecule has 111 heavy (non-hydrogen) atoms. The zero-order chi connectivity index (χ0) is 82.5. The van der Waals surface area contributed by atoms with E-state index in [2.05, 4.69) is 324 Å². The normalized spacial score (nSPS) is 7.55. The molecule has 0 aliphatic rings. The molecule has 0 aliphatic heterocycles. The van der Waals surface area contributed by atoms with Gasteiger partial charge in [-0.3, -0.25) is 0 Å². The molecule has 640 valence electrons. The first-order valence-electron chi connectivity index (χ1n) is 42.4. The van der Waals surface area contributed by atoms with Crippen LogP contribution in [0.2, 0.25) is 0 Å². The van der Waals surface area contributed by atoms with Crippen LogP contribution in [-0.4, -0.2) is 0 Å². The van der Waals surface area contributed by atoms with E-state index < -0.39 is 0 Å². The summed E-state index contributed by atoms with van der Waals surface area (Å²) in [6, 6.07) is 106. The average Bonchev–Trinajstić information content (AvgIpc) is 0.955. The van der Waals surface area contributed by atoms with Crippen LogP contribution in [0.1, 0.15) is 335 Å². The van der Waals surface area contributed by atoms with Crippen molar-refractivity contribution in [1.82, 2.24) is 0 Å². The van der Waals surface area contributed by atoms with E-state index in [1.165, 1.54) is 62.1 Å². The van der Waals surface area contributed by atoms with Crippen LogP contribution >= 0.6 is 0 Å². The third-order valence-electron chi connectivity index (χ3n) is 12.8. The maximum absolute atomic E-state index is 2.22. The van der Waals surface area contributed by atoms with Gasteiger partial charge >= 0.3 is 0 Å². The minimum Gasteiger partial charge on any atom is -0.0776 e. The van der Waals surface area contributed by atoms with Gasteiger partial charge in [-0.15, -0.1) is 0 Å². The van der Waals surface area contributed by atoms with E-state index in [0.29, 0.717) is 0 Å². The molecule has 10 aromatic rings. The summed E-state index contributed by atoms with van der Waals surface area (Å²) in [6.07, 6.45) is 12.6. The molecule has 0 heteroatoms. The van der Waals surface area contributed by atoms with Gasteiger partial charge in [-0.2, -0.15) is 0 Å². The molecule has 0 aromatic heterocycles. The molecule has 0 nitrogen and oxygen atoms in total. The van der Waals surface area contributed by atoms with Crippen LogP contribution < -0.4 is 0 Å². The monoisotopic (exact) mass is 1530 g/mol. The smallest absolute Gasteiger partial charge is 0.0238 e. The van der Waals surface area contributed by atoms with Crippen LogP contribution in [0.5, 0.6) is 0 Å². The lowest BCUT2D eigenvalue weighted by Gasteiger charge is -2.01. The van der Waals surface area contributed by atoms with Crippen LogP contribution in [0.3, 0.4) is 0 Å². The third kappa shape index (κ3) is 104. The van der Waals surface area contributed by atoms with Crippen molar-refractivity contribution in [3.8, 4) is 0 Å². The molecule has 0 saturated carbocycles. The van der Waals surface area contributed by atoms with Crippen LogP contribution in [0, 0.1) is 5.92 Å². The van der Waals surface area contributed by atoms with Crippen LogP contribution in [0.25, 0.3) is 0 Å². The van der Waals surface area contributed by atoms with Crippen LogP contribution in [0.15, 0.2) is 303 Å². The lowest BCUT2D eigenvalue weighted by molar-refractivity contribution is 0.626. The van der Waals surface area contributed by atoms with E-state index in [4.69, 9.17) is 0 Å². The topological polar surface area (TPSA) is 0 Å². The summed E-state index contributed by atoms with van der Waals surface area (Å²) < 4.78 is 0. The zero-order valence-electron chi connectivity index (χ0n) is 75.2. The molecule has 0 amide bonds. The van der Waals surface area contributed by atoms with Gasteiger partial charge < -0.3 is 0 Å². The van der Waals surface area contributed by atoms with Crippen molar-refractivity contribution in [3.63, 3.8) is 0 Å². The fraction of sp³-hybridized carbons (Fsp3) is 0.459. The lowest BCUT2D eigenvalue weighted by atomic mass is 10.0. The summed E-state index contributed by atoms with van der Waals surface area (Å²) in [6.45, 7) is 66.6. The van der Waals surface area contributed by atoms with Gasteiger partial charge in [0.25, 0.3) is 0 Å². The molecule has 0 saturated heterocycles. The number of hydrogen-bond donors (Lipinski definition) is 0. The van der Waals surface area contributed by atoms with Crippen molar-refractivity contribution >= 4 is 0 Å². The molecule has 0 fully saturated rings. The van der Waals surface area contributed by atoms with E-state index in [0.717, 1.165) is 70.1 Å². The Labute approximate surface area is 704 Å². The Morgan fingerprint density at radius 3 is 0.234 bits per heavy atom. The molecule has 0 bridgehead atoms. The second-order valence-electron chi connectivity index (χ2n) is 19.2. The molecule has 0 N–H and O–H groups in total.